The first kappa shape index (κ1) is 14.0. The summed E-state index contributed by atoms with van der Waals surface area (Å²) in [6.45, 7) is 2.88. The van der Waals surface area contributed by atoms with Gasteiger partial charge in [-0.05, 0) is 12.0 Å². The maximum atomic E-state index is 8.14. The Hall–Kier alpha value is 0.0400. The van der Waals surface area contributed by atoms with E-state index in [4.69, 9.17) is 5.53 Å². The molecule has 0 aromatic rings. The summed E-state index contributed by atoms with van der Waals surface area (Å²) < 4.78 is 0.523. The molecule has 1 atom stereocenters. The summed E-state index contributed by atoms with van der Waals surface area (Å²) in [5.74, 6) is 0. The van der Waals surface area contributed by atoms with Crippen LogP contribution >= 0.6 is 22.6 Å². The monoisotopic (exact) mass is 309 g/mol. The van der Waals surface area contributed by atoms with Crippen LogP contribution in [0.5, 0.6) is 0 Å². The fraction of sp³-hybridized carbons (Fsp3) is 1.00. The first-order valence-corrected chi connectivity index (χ1v) is 6.70. The lowest BCUT2D eigenvalue weighted by molar-refractivity contribution is 0.587. The lowest BCUT2D eigenvalue weighted by Gasteiger charge is -2.05. The minimum Gasteiger partial charge on any atom is -0.0929 e. The Balaban J connectivity index is 3.14. The highest BCUT2D eigenvalue weighted by Crippen LogP contribution is 2.13. The summed E-state index contributed by atoms with van der Waals surface area (Å²) in [7, 11) is 0. The second-order valence-electron chi connectivity index (χ2n) is 3.57. The molecule has 82 valence electrons. The minimum absolute atomic E-state index is 0.523. The molecule has 0 heterocycles. The van der Waals surface area contributed by atoms with Crippen LogP contribution in [-0.4, -0.2) is 10.5 Å². The van der Waals surface area contributed by atoms with Crippen molar-refractivity contribution in [1.82, 2.24) is 0 Å². The molecule has 3 nitrogen and oxygen atoms in total. The molecule has 0 aliphatic rings. The highest BCUT2D eigenvalue weighted by Gasteiger charge is 2.01. The fourth-order valence-electron chi connectivity index (χ4n) is 1.36. The summed E-state index contributed by atoms with van der Waals surface area (Å²) in [6.07, 6.45) is 9.20. The molecule has 0 aliphatic heterocycles. The van der Waals surface area contributed by atoms with Gasteiger partial charge in [-0.1, -0.05) is 73.2 Å². The Morgan fingerprint density at radius 2 is 1.86 bits per heavy atom. The van der Waals surface area contributed by atoms with Gasteiger partial charge < -0.3 is 0 Å². The molecule has 0 spiro atoms. The molecule has 4 heteroatoms. The molecule has 0 fully saturated rings. The average Bonchev–Trinajstić information content (AvgIpc) is 2.20. The van der Waals surface area contributed by atoms with Crippen LogP contribution in [0.15, 0.2) is 5.11 Å². The third kappa shape index (κ3) is 10.1. The zero-order valence-corrected chi connectivity index (χ0v) is 11.1. The Morgan fingerprint density at radius 3 is 2.50 bits per heavy atom. The van der Waals surface area contributed by atoms with Crippen LogP contribution in [-0.2, 0) is 0 Å². The molecule has 0 aromatic carbocycles. The molecule has 0 rings (SSSR count). The van der Waals surface area contributed by atoms with Crippen molar-refractivity contribution in [2.45, 2.75) is 55.8 Å². The number of rotatable bonds is 9. The molecule has 0 bridgehead atoms. The van der Waals surface area contributed by atoms with E-state index in [2.05, 4.69) is 39.5 Å². The van der Waals surface area contributed by atoms with Gasteiger partial charge in [0.2, 0.25) is 0 Å². The summed E-state index contributed by atoms with van der Waals surface area (Å²) in [5.41, 5.74) is 8.14. The molecule has 1 unspecified atom stereocenters. The first-order chi connectivity index (χ1) is 6.81. The van der Waals surface area contributed by atoms with Crippen LogP contribution in [0.25, 0.3) is 10.4 Å². The molecule has 0 N–H and O–H groups in total. The van der Waals surface area contributed by atoms with Crippen LogP contribution in [0.4, 0.5) is 0 Å². The Bertz CT molecular complexity index is 167. The van der Waals surface area contributed by atoms with Crippen LogP contribution < -0.4 is 0 Å². The van der Waals surface area contributed by atoms with E-state index in [0.717, 1.165) is 0 Å². The van der Waals surface area contributed by atoms with Crippen LogP contribution in [0.1, 0.15) is 51.9 Å². The standard InChI is InChI=1S/C10H20IN3/c1-2-3-4-5-6-7-8-10(11)9-13-14-12/h10H,2-9H2,1H3. The Morgan fingerprint density at radius 1 is 1.21 bits per heavy atom. The number of nitrogens with zero attached hydrogens (tertiary/aromatic N) is 3. The molecular formula is C10H20IN3. The van der Waals surface area contributed by atoms with E-state index in [-0.39, 0.29) is 0 Å². The van der Waals surface area contributed by atoms with E-state index in [0.29, 0.717) is 10.5 Å². The molecular weight excluding hydrogens is 289 g/mol. The normalized spacial score (nSPS) is 12.1. The molecule has 0 amide bonds. The summed E-state index contributed by atoms with van der Waals surface area (Å²) in [6, 6.07) is 0. The van der Waals surface area contributed by atoms with Crippen LogP contribution in [0.3, 0.4) is 0 Å². The van der Waals surface area contributed by atoms with Gasteiger partial charge >= 0.3 is 0 Å². The van der Waals surface area contributed by atoms with E-state index in [1.807, 2.05) is 0 Å². The third-order valence-corrected chi connectivity index (χ3v) is 3.23. The molecule has 0 aliphatic carbocycles. The van der Waals surface area contributed by atoms with Gasteiger partial charge in [0.15, 0.2) is 0 Å². The van der Waals surface area contributed by atoms with Gasteiger partial charge in [-0.25, -0.2) is 0 Å². The topological polar surface area (TPSA) is 48.8 Å². The van der Waals surface area contributed by atoms with Crippen molar-refractivity contribution in [2.75, 3.05) is 6.54 Å². The third-order valence-electron chi connectivity index (χ3n) is 2.21. The van der Waals surface area contributed by atoms with E-state index in [1.165, 1.54) is 44.9 Å². The highest BCUT2D eigenvalue weighted by molar-refractivity contribution is 14.1. The number of azide groups is 1. The van der Waals surface area contributed by atoms with E-state index in [1.54, 1.807) is 0 Å². The quantitative estimate of drug-likeness (QED) is 0.146. The van der Waals surface area contributed by atoms with Crippen molar-refractivity contribution < 1.29 is 0 Å². The highest BCUT2D eigenvalue weighted by atomic mass is 127. The predicted octanol–water partition coefficient (Wildman–Crippen LogP) is 4.85. The molecule has 14 heavy (non-hydrogen) atoms. The summed E-state index contributed by atoms with van der Waals surface area (Å²) in [5, 5.41) is 3.57. The lowest BCUT2D eigenvalue weighted by Crippen LogP contribution is -2.01. The number of hydrogen-bond donors (Lipinski definition) is 0. The van der Waals surface area contributed by atoms with Gasteiger partial charge in [-0.2, -0.15) is 0 Å². The van der Waals surface area contributed by atoms with E-state index < -0.39 is 0 Å². The second-order valence-corrected chi connectivity index (χ2v) is 5.33. The van der Waals surface area contributed by atoms with Gasteiger partial charge in [0, 0.05) is 15.4 Å². The van der Waals surface area contributed by atoms with Gasteiger partial charge in [0.25, 0.3) is 0 Å². The molecule has 0 radical (unpaired) electrons. The molecule has 0 saturated carbocycles. The fourth-order valence-corrected chi connectivity index (χ4v) is 1.98. The summed E-state index contributed by atoms with van der Waals surface area (Å²) in [4.78, 5) is 2.76. The smallest absolute Gasteiger partial charge is 0.0376 e. The minimum atomic E-state index is 0.523. The van der Waals surface area contributed by atoms with Crippen molar-refractivity contribution in [2.24, 2.45) is 5.11 Å². The molecule has 0 aromatic heterocycles. The van der Waals surface area contributed by atoms with Gasteiger partial charge in [0.05, 0.1) is 0 Å². The van der Waals surface area contributed by atoms with Crippen molar-refractivity contribution in [3.8, 4) is 0 Å². The van der Waals surface area contributed by atoms with Crippen molar-refractivity contribution in [1.29, 1.82) is 0 Å². The van der Waals surface area contributed by atoms with Crippen molar-refractivity contribution >= 4 is 22.6 Å². The van der Waals surface area contributed by atoms with E-state index >= 15 is 0 Å². The number of alkyl halides is 1. The van der Waals surface area contributed by atoms with E-state index in [9.17, 15) is 0 Å². The Labute approximate surface area is 100 Å². The van der Waals surface area contributed by atoms with Gasteiger partial charge in [-0.15, -0.1) is 0 Å². The number of unbranched alkanes of at least 4 members (excludes halogenated alkanes) is 5. The van der Waals surface area contributed by atoms with Crippen molar-refractivity contribution in [3.05, 3.63) is 10.4 Å². The number of halogens is 1. The first-order valence-electron chi connectivity index (χ1n) is 5.46. The summed E-state index contributed by atoms with van der Waals surface area (Å²) >= 11 is 2.37. The Kier molecular flexibility index (Phi) is 11.1. The van der Waals surface area contributed by atoms with Gasteiger partial charge in [0.1, 0.15) is 0 Å². The van der Waals surface area contributed by atoms with Gasteiger partial charge in [-0.3, -0.25) is 0 Å². The zero-order chi connectivity index (χ0) is 10.6. The lowest BCUT2D eigenvalue weighted by atomic mass is 10.1. The van der Waals surface area contributed by atoms with Crippen LogP contribution in [0, 0.1) is 0 Å². The maximum absolute atomic E-state index is 8.14. The molecule has 0 saturated heterocycles. The van der Waals surface area contributed by atoms with Crippen LogP contribution in [0.2, 0.25) is 0 Å². The number of hydrogen-bond acceptors (Lipinski definition) is 1. The zero-order valence-electron chi connectivity index (χ0n) is 8.95. The second kappa shape index (κ2) is 11.1. The largest absolute Gasteiger partial charge is 0.0929 e. The predicted molar refractivity (Wildman–Crippen MR) is 69.8 cm³/mol. The average molecular weight is 309 g/mol. The maximum Gasteiger partial charge on any atom is 0.0376 e. The van der Waals surface area contributed by atoms with Crippen molar-refractivity contribution in [3.63, 3.8) is 0 Å². The SMILES string of the molecule is CCCCCCCCC(I)CN=[N+]=[N-].